The summed E-state index contributed by atoms with van der Waals surface area (Å²) in [6.45, 7) is 2.01. The van der Waals surface area contributed by atoms with Crippen molar-refractivity contribution in [2.75, 3.05) is 0 Å². The largest absolute Gasteiger partial charge is 0.261 e. The van der Waals surface area contributed by atoms with E-state index in [1.165, 1.54) is 14.3 Å². The maximum atomic E-state index is 4.26. The smallest absolute Gasteiger partial charge is 0.0379 e. The number of aromatic nitrogens is 1. The molecule has 0 spiro atoms. The van der Waals surface area contributed by atoms with Gasteiger partial charge in [-0.05, 0) is 47.0 Å². The highest BCUT2D eigenvalue weighted by Crippen LogP contribution is 2.19. The molecule has 1 heterocycles. The van der Waals surface area contributed by atoms with E-state index in [0.717, 1.165) is 5.69 Å². The number of pyridine rings is 1. The lowest BCUT2D eigenvalue weighted by Gasteiger charge is -1.99. The molecule has 0 aliphatic heterocycles. The lowest BCUT2D eigenvalue weighted by molar-refractivity contribution is 1.22. The molecule has 1 nitrogen and oxygen atoms in total. The topological polar surface area (TPSA) is 12.9 Å². The Hall–Kier alpha value is -0.640. The summed E-state index contributed by atoms with van der Waals surface area (Å²) < 4.78 is 1.26. The van der Waals surface area contributed by atoms with E-state index in [1.807, 2.05) is 13.1 Å². The van der Waals surface area contributed by atoms with Crippen molar-refractivity contribution in [1.82, 2.24) is 4.98 Å². The fourth-order valence-electron chi connectivity index (χ4n) is 1.24. The monoisotopic (exact) mass is 269 g/mol. The highest BCUT2D eigenvalue weighted by molar-refractivity contribution is 14.1. The summed E-state index contributed by atoms with van der Waals surface area (Å²) in [7, 11) is 0. The van der Waals surface area contributed by atoms with E-state index in [4.69, 9.17) is 0 Å². The Balaban J connectivity index is 2.86. The summed E-state index contributed by atoms with van der Waals surface area (Å²) in [5, 5.41) is 2.51. The van der Waals surface area contributed by atoms with Crippen molar-refractivity contribution >= 4 is 33.4 Å². The minimum absolute atomic E-state index is 1.07. The molecule has 60 valence electrons. The van der Waals surface area contributed by atoms with Gasteiger partial charge in [0.15, 0.2) is 0 Å². The number of aryl methyl sites for hydroxylation is 1. The number of hydrogen-bond donors (Lipinski definition) is 0. The van der Waals surface area contributed by atoms with E-state index in [9.17, 15) is 0 Å². The third-order valence-electron chi connectivity index (χ3n) is 1.85. The van der Waals surface area contributed by atoms with Gasteiger partial charge in [0.2, 0.25) is 0 Å². The summed E-state index contributed by atoms with van der Waals surface area (Å²) in [5.41, 5.74) is 1.07. The van der Waals surface area contributed by atoms with Gasteiger partial charge in [-0.15, -0.1) is 0 Å². The van der Waals surface area contributed by atoms with Crippen molar-refractivity contribution in [2.24, 2.45) is 0 Å². The number of benzene rings is 1. The van der Waals surface area contributed by atoms with Crippen LogP contribution in [0.5, 0.6) is 0 Å². The second-order valence-corrected chi connectivity index (χ2v) is 3.95. The van der Waals surface area contributed by atoms with Crippen molar-refractivity contribution in [2.45, 2.75) is 6.92 Å². The molecule has 1 aromatic heterocycles. The van der Waals surface area contributed by atoms with Crippen LogP contribution in [0.15, 0.2) is 30.5 Å². The molecule has 0 aliphatic carbocycles. The van der Waals surface area contributed by atoms with Gasteiger partial charge in [0.1, 0.15) is 0 Å². The van der Waals surface area contributed by atoms with Gasteiger partial charge in [0.05, 0.1) is 0 Å². The Morgan fingerprint density at radius 1 is 1.33 bits per heavy atom. The highest BCUT2D eigenvalue weighted by atomic mass is 127. The molecular formula is C10H8IN. The van der Waals surface area contributed by atoms with Crippen LogP contribution in [-0.4, -0.2) is 4.98 Å². The van der Waals surface area contributed by atoms with Gasteiger partial charge >= 0.3 is 0 Å². The number of halogens is 1. The van der Waals surface area contributed by atoms with Crippen LogP contribution in [-0.2, 0) is 0 Å². The lowest BCUT2D eigenvalue weighted by atomic mass is 10.1. The lowest BCUT2D eigenvalue weighted by Crippen LogP contribution is -1.82. The van der Waals surface area contributed by atoms with Crippen LogP contribution in [0.4, 0.5) is 0 Å². The molecular weight excluding hydrogens is 261 g/mol. The minimum atomic E-state index is 1.07. The first-order valence-corrected chi connectivity index (χ1v) is 4.86. The molecule has 2 heteroatoms. The Morgan fingerprint density at radius 2 is 2.17 bits per heavy atom. The predicted octanol–water partition coefficient (Wildman–Crippen LogP) is 3.15. The van der Waals surface area contributed by atoms with Gasteiger partial charge in [-0.2, -0.15) is 0 Å². The molecule has 12 heavy (non-hydrogen) atoms. The Morgan fingerprint density at radius 3 is 3.00 bits per heavy atom. The van der Waals surface area contributed by atoms with Crippen LogP contribution in [0.3, 0.4) is 0 Å². The van der Waals surface area contributed by atoms with Crippen LogP contribution < -0.4 is 0 Å². The van der Waals surface area contributed by atoms with Crippen molar-refractivity contribution in [3.8, 4) is 0 Å². The van der Waals surface area contributed by atoms with Gasteiger partial charge in [-0.1, -0.05) is 12.1 Å². The molecule has 0 saturated heterocycles. The fraction of sp³-hybridized carbons (Fsp3) is 0.100. The van der Waals surface area contributed by atoms with Crippen LogP contribution in [0.2, 0.25) is 0 Å². The van der Waals surface area contributed by atoms with Gasteiger partial charge < -0.3 is 0 Å². The van der Waals surface area contributed by atoms with Crippen LogP contribution in [0.25, 0.3) is 10.8 Å². The SMILES string of the molecule is Cc1cc2cccc(I)c2cn1. The third-order valence-corrected chi connectivity index (χ3v) is 2.79. The minimum Gasteiger partial charge on any atom is -0.261 e. The summed E-state index contributed by atoms with van der Waals surface area (Å²) >= 11 is 2.33. The normalized spacial score (nSPS) is 10.5. The first kappa shape index (κ1) is 7.98. The Kier molecular flexibility index (Phi) is 2.00. The summed E-state index contributed by atoms with van der Waals surface area (Å²) in [4.78, 5) is 4.26. The molecule has 2 aromatic rings. The first-order valence-electron chi connectivity index (χ1n) is 3.78. The quantitative estimate of drug-likeness (QED) is 0.669. The molecule has 0 aliphatic rings. The van der Waals surface area contributed by atoms with Crippen molar-refractivity contribution in [1.29, 1.82) is 0 Å². The van der Waals surface area contributed by atoms with Crippen molar-refractivity contribution < 1.29 is 0 Å². The van der Waals surface area contributed by atoms with E-state index in [2.05, 4.69) is 51.8 Å². The molecule has 0 bridgehead atoms. The van der Waals surface area contributed by atoms with Crippen LogP contribution in [0.1, 0.15) is 5.69 Å². The number of hydrogen-bond acceptors (Lipinski definition) is 1. The zero-order chi connectivity index (χ0) is 8.55. The highest BCUT2D eigenvalue weighted by Gasteiger charge is 1.97. The standard InChI is InChI=1S/C10H8IN/c1-7-5-8-3-2-4-10(11)9(8)6-12-7/h2-6H,1H3. The average Bonchev–Trinajstić information content (AvgIpc) is 2.04. The van der Waals surface area contributed by atoms with Crippen molar-refractivity contribution in [3.63, 3.8) is 0 Å². The predicted molar refractivity (Wildman–Crippen MR) is 59.2 cm³/mol. The second-order valence-electron chi connectivity index (χ2n) is 2.79. The summed E-state index contributed by atoms with van der Waals surface area (Å²) in [6.07, 6.45) is 1.94. The maximum Gasteiger partial charge on any atom is 0.0379 e. The van der Waals surface area contributed by atoms with Crippen molar-refractivity contribution in [3.05, 3.63) is 39.7 Å². The zero-order valence-corrected chi connectivity index (χ0v) is 8.87. The molecule has 2 rings (SSSR count). The number of nitrogens with zero attached hydrogens (tertiary/aromatic N) is 1. The van der Waals surface area contributed by atoms with Crippen LogP contribution in [0, 0.1) is 10.5 Å². The third kappa shape index (κ3) is 1.31. The summed E-state index contributed by atoms with van der Waals surface area (Å²) in [5.74, 6) is 0. The first-order chi connectivity index (χ1) is 5.77. The molecule has 0 amide bonds. The van der Waals surface area contributed by atoms with Gasteiger partial charge in [-0.25, -0.2) is 0 Å². The molecule has 0 saturated carbocycles. The fourth-order valence-corrected chi connectivity index (χ4v) is 1.90. The Bertz CT molecular complexity index is 423. The van der Waals surface area contributed by atoms with E-state index >= 15 is 0 Å². The van der Waals surface area contributed by atoms with Gasteiger partial charge in [0.25, 0.3) is 0 Å². The number of fused-ring (bicyclic) bond motifs is 1. The molecule has 0 atom stereocenters. The maximum absolute atomic E-state index is 4.26. The van der Waals surface area contributed by atoms with E-state index in [-0.39, 0.29) is 0 Å². The molecule has 0 radical (unpaired) electrons. The number of rotatable bonds is 0. The molecule has 1 aromatic carbocycles. The van der Waals surface area contributed by atoms with Gasteiger partial charge in [0, 0.05) is 20.8 Å². The Labute approximate surface area is 85.0 Å². The molecule has 0 N–H and O–H groups in total. The average molecular weight is 269 g/mol. The molecule has 0 unspecified atom stereocenters. The zero-order valence-electron chi connectivity index (χ0n) is 6.71. The van der Waals surface area contributed by atoms with Crippen LogP contribution >= 0.6 is 22.6 Å². The van der Waals surface area contributed by atoms with Gasteiger partial charge in [-0.3, -0.25) is 4.98 Å². The van der Waals surface area contributed by atoms with E-state index in [0.29, 0.717) is 0 Å². The van der Waals surface area contributed by atoms with E-state index < -0.39 is 0 Å². The summed E-state index contributed by atoms with van der Waals surface area (Å²) in [6, 6.07) is 8.40. The van der Waals surface area contributed by atoms with E-state index in [1.54, 1.807) is 0 Å². The second kappa shape index (κ2) is 3.01. The molecule has 0 fully saturated rings.